The highest BCUT2D eigenvalue weighted by Crippen LogP contribution is 2.42. The van der Waals surface area contributed by atoms with Crippen LogP contribution in [-0.2, 0) is 46.6 Å². The molecule has 2 aliphatic rings. The Kier molecular flexibility index (Phi) is 13.0. The molecule has 4 N–H and O–H groups in total. The second kappa shape index (κ2) is 18.8. The van der Waals surface area contributed by atoms with Gasteiger partial charge < -0.3 is 30.4 Å². The van der Waals surface area contributed by atoms with Crippen molar-refractivity contribution in [1.82, 2.24) is 14.6 Å². The molecule has 0 spiro atoms. The first-order valence-corrected chi connectivity index (χ1v) is 20.7. The average Bonchev–Trinajstić information content (AvgIpc) is 3.62. The van der Waals surface area contributed by atoms with Crippen LogP contribution < -0.4 is 25.3 Å². The van der Waals surface area contributed by atoms with Crippen LogP contribution in [0, 0.1) is 18.3 Å². The number of nitrogen functional groups attached to an aromatic ring is 1. The molecule has 12 nitrogen and oxygen atoms in total. The fourth-order valence-corrected chi connectivity index (χ4v) is 9.49. The smallest absolute Gasteiger partial charge is 0.290 e. The molecular weight excluding hydrogens is 787 g/mol. The molecule has 0 radical (unpaired) electrons. The number of nitriles is 1. The second-order valence-corrected chi connectivity index (χ2v) is 16.5. The molecule has 0 saturated carbocycles. The Morgan fingerprint density at radius 2 is 1.68 bits per heavy atom. The number of carbonyl (C=O) groups is 2. The SMILES string of the molecule is Cc1nc(N)sc1S(=O)N1Cc2cc3c(cc2CC1C(=O)NCCc1ccc(-c2ccc(C#N)cc2)cc1)OCC(c1ccc(OCc2ccccc2)cc1)O3.O=CO. The van der Waals surface area contributed by atoms with E-state index in [-0.39, 0.29) is 25.0 Å². The number of rotatable bonds is 11. The molecule has 5 aromatic carbocycles. The van der Waals surface area contributed by atoms with Gasteiger partial charge in [-0.15, -0.1) is 0 Å². The number of nitrogens with one attached hydrogen (secondary N) is 1. The highest BCUT2D eigenvalue weighted by atomic mass is 32.2. The summed E-state index contributed by atoms with van der Waals surface area (Å²) in [5.74, 6) is 1.77. The zero-order chi connectivity index (χ0) is 41.3. The van der Waals surface area contributed by atoms with Gasteiger partial charge in [-0.1, -0.05) is 90.2 Å². The summed E-state index contributed by atoms with van der Waals surface area (Å²) in [6.07, 6.45) is 0.634. The Morgan fingerprint density at radius 1 is 1.00 bits per heavy atom. The molecule has 3 heterocycles. The molecule has 14 heteroatoms. The van der Waals surface area contributed by atoms with Gasteiger partial charge in [0.15, 0.2) is 22.7 Å². The van der Waals surface area contributed by atoms with E-state index in [2.05, 4.69) is 16.4 Å². The Labute approximate surface area is 348 Å². The van der Waals surface area contributed by atoms with Crippen molar-refractivity contribution in [2.24, 2.45) is 0 Å². The number of carboxylic acid groups (broad SMARTS) is 1. The molecule has 3 atom stereocenters. The maximum absolute atomic E-state index is 14.2. The van der Waals surface area contributed by atoms with E-state index in [1.807, 2.05) is 103 Å². The number of nitrogens with two attached hydrogens (primary N) is 1. The molecule has 8 rings (SSSR count). The van der Waals surface area contributed by atoms with Gasteiger partial charge in [-0.25, -0.2) is 13.5 Å². The van der Waals surface area contributed by atoms with E-state index in [1.165, 1.54) is 11.3 Å². The van der Waals surface area contributed by atoms with Gasteiger partial charge >= 0.3 is 0 Å². The summed E-state index contributed by atoms with van der Waals surface area (Å²) in [5, 5.41) is 19.4. The minimum Gasteiger partial charge on any atom is -0.489 e. The minimum absolute atomic E-state index is 0.209. The summed E-state index contributed by atoms with van der Waals surface area (Å²) in [7, 11) is -1.69. The normalized spacial score (nSPS) is 16.0. The molecule has 6 aromatic rings. The van der Waals surface area contributed by atoms with Crippen molar-refractivity contribution in [3.8, 4) is 34.4 Å². The number of fused-ring (bicyclic) bond motifs is 2. The lowest BCUT2D eigenvalue weighted by Gasteiger charge is -2.36. The van der Waals surface area contributed by atoms with E-state index in [0.717, 1.165) is 44.7 Å². The molecule has 0 fully saturated rings. The molecule has 3 unspecified atom stereocenters. The Balaban J connectivity index is 0.00000171. The number of anilines is 1. The van der Waals surface area contributed by atoms with Crippen LogP contribution in [0.3, 0.4) is 0 Å². The predicted octanol–water partition coefficient (Wildman–Crippen LogP) is 7.17. The first kappa shape index (κ1) is 40.7. The molecule has 1 aromatic heterocycles. The molecule has 0 aliphatic carbocycles. The van der Waals surface area contributed by atoms with Crippen molar-refractivity contribution in [2.75, 3.05) is 18.9 Å². The number of ether oxygens (including phenoxy) is 3. The molecule has 59 heavy (non-hydrogen) atoms. The summed E-state index contributed by atoms with van der Waals surface area (Å²) in [6.45, 7) is 3.01. The summed E-state index contributed by atoms with van der Waals surface area (Å²) in [5.41, 5.74) is 14.3. The van der Waals surface area contributed by atoms with Crippen molar-refractivity contribution in [1.29, 1.82) is 5.26 Å². The molecule has 2 aliphatic heterocycles. The first-order chi connectivity index (χ1) is 28.7. The van der Waals surface area contributed by atoms with E-state index in [1.54, 1.807) is 23.4 Å². The Hall–Kier alpha value is -6.53. The first-order valence-electron chi connectivity index (χ1n) is 18.8. The average molecular weight is 828 g/mol. The molecule has 0 saturated heterocycles. The maximum Gasteiger partial charge on any atom is 0.290 e. The minimum atomic E-state index is -1.69. The number of aryl methyl sites for hydroxylation is 1. The van der Waals surface area contributed by atoms with Crippen LogP contribution in [0.25, 0.3) is 11.1 Å². The predicted molar refractivity (Wildman–Crippen MR) is 225 cm³/mol. The van der Waals surface area contributed by atoms with Crippen LogP contribution in [0.5, 0.6) is 17.2 Å². The van der Waals surface area contributed by atoms with E-state index in [0.29, 0.717) is 64.7 Å². The third-order valence-corrected chi connectivity index (χ3v) is 12.9. The van der Waals surface area contributed by atoms with Crippen LogP contribution in [0.4, 0.5) is 5.13 Å². The summed E-state index contributed by atoms with van der Waals surface area (Å²) in [4.78, 5) is 26.6. The van der Waals surface area contributed by atoms with Gasteiger partial charge in [0, 0.05) is 13.1 Å². The van der Waals surface area contributed by atoms with Crippen molar-refractivity contribution >= 4 is 39.8 Å². The third kappa shape index (κ3) is 9.78. The number of hydrogen-bond acceptors (Lipinski definition) is 10. The number of aromatic nitrogens is 1. The van der Waals surface area contributed by atoms with E-state index in [9.17, 15) is 9.00 Å². The van der Waals surface area contributed by atoms with Gasteiger partial charge in [0.25, 0.3) is 6.47 Å². The van der Waals surface area contributed by atoms with Crippen molar-refractivity contribution in [3.63, 3.8) is 0 Å². The lowest BCUT2D eigenvalue weighted by atomic mass is 9.94. The third-order valence-electron chi connectivity index (χ3n) is 9.97. The van der Waals surface area contributed by atoms with Crippen molar-refractivity contribution in [3.05, 3.63) is 154 Å². The number of amides is 1. The van der Waals surface area contributed by atoms with Crippen LogP contribution in [-0.4, -0.2) is 50.2 Å². The number of benzene rings is 5. The molecular formula is C45H41N5O7S2. The zero-order valence-electron chi connectivity index (χ0n) is 32.1. The monoisotopic (exact) mass is 827 g/mol. The summed E-state index contributed by atoms with van der Waals surface area (Å²) in [6, 6.07) is 38.9. The standard InChI is InChI=1S/C44H39N5O5S2.CH2O2/c1-28-43(55-44(46)48-28)56(51)49-25-36-23-40-39(53-27-41(54-40)34-15-17-37(18-16-34)52-26-31-5-3-2-4-6-31)22-35(36)21-38(49)42(50)47-20-19-29-7-11-32(12-8-29)33-13-9-30(24-45)10-14-33;2-1-3/h2-18,22-23,38,41H,19-21,25-27H2,1H3,(H2,46,48)(H,47,50);1H,(H,2,3). The van der Waals surface area contributed by atoms with Crippen LogP contribution >= 0.6 is 11.3 Å². The lowest BCUT2D eigenvalue weighted by Crippen LogP contribution is -2.51. The van der Waals surface area contributed by atoms with Crippen LogP contribution in [0.15, 0.2) is 119 Å². The number of hydrogen-bond donors (Lipinski definition) is 3. The fraction of sp³-hybridized carbons (Fsp3) is 0.200. The van der Waals surface area contributed by atoms with Crippen molar-refractivity contribution < 1.29 is 33.1 Å². The lowest BCUT2D eigenvalue weighted by molar-refractivity contribution is -0.125. The van der Waals surface area contributed by atoms with Gasteiger partial charge in [-0.3, -0.25) is 9.59 Å². The van der Waals surface area contributed by atoms with Gasteiger partial charge in [0.05, 0.1) is 17.3 Å². The van der Waals surface area contributed by atoms with Gasteiger partial charge in [0.1, 0.15) is 40.2 Å². The maximum atomic E-state index is 14.2. The molecule has 1 amide bonds. The van der Waals surface area contributed by atoms with E-state index in [4.69, 9.17) is 35.1 Å². The van der Waals surface area contributed by atoms with Gasteiger partial charge in [0.2, 0.25) is 5.91 Å². The van der Waals surface area contributed by atoms with Gasteiger partial charge in [-0.2, -0.15) is 5.26 Å². The highest BCUT2D eigenvalue weighted by molar-refractivity contribution is 7.85. The summed E-state index contributed by atoms with van der Waals surface area (Å²) >= 11 is 1.18. The highest BCUT2D eigenvalue weighted by Gasteiger charge is 2.38. The largest absolute Gasteiger partial charge is 0.489 e. The number of nitrogens with zero attached hydrogens (tertiary/aromatic N) is 3. The van der Waals surface area contributed by atoms with Crippen molar-refractivity contribution in [2.45, 2.75) is 49.3 Å². The quantitative estimate of drug-likeness (QED) is 0.114. The second-order valence-electron chi connectivity index (χ2n) is 13.8. The number of thiazole rings is 1. The summed E-state index contributed by atoms with van der Waals surface area (Å²) < 4.78 is 35.2. The molecule has 0 bridgehead atoms. The van der Waals surface area contributed by atoms with E-state index >= 15 is 0 Å². The molecule has 300 valence electrons. The van der Waals surface area contributed by atoms with Crippen LogP contribution in [0.1, 0.15) is 45.2 Å². The van der Waals surface area contributed by atoms with Crippen LogP contribution in [0.2, 0.25) is 0 Å². The van der Waals surface area contributed by atoms with E-state index < -0.39 is 17.0 Å². The Bertz CT molecular complexity index is 2470. The topological polar surface area (TPSA) is 177 Å². The zero-order valence-corrected chi connectivity index (χ0v) is 33.7. The fourth-order valence-electron chi connectivity index (χ4n) is 6.93. The Morgan fingerprint density at radius 3 is 2.34 bits per heavy atom. The number of carbonyl (C=O) groups excluding carboxylic acids is 1. The van der Waals surface area contributed by atoms with Gasteiger partial charge in [-0.05, 0) is 95.1 Å².